The van der Waals surface area contributed by atoms with Crippen LogP contribution in [0.1, 0.15) is 0 Å². The highest BCUT2D eigenvalue weighted by Crippen LogP contribution is 2.19. The van der Waals surface area contributed by atoms with Gasteiger partial charge in [0.2, 0.25) is 0 Å². The van der Waals surface area contributed by atoms with Crippen LogP contribution in [0.25, 0.3) is 0 Å². The number of nitrogens with one attached hydrogen (secondary N) is 1. The Hall–Kier alpha value is -0.530. The summed E-state index contributed by atoms with van der Waals surface area (Å²) < 4.78 is 21.7. The summed E-state index contributed by atoms with van der Waals surface area (Å²) in [6.45, 7) is 2.60. The van der Waals surface area contributed by atoms with Crippen LogP contribution in [-0.2, 0) is 9.24 Å². The van der Waals surface area contributed by atoms with Gasteiger partial charge in [0.1, 0.15) is 0 Å². The van der Waals surface area contributed by atoms with E-state index in [1.807, 2.05) is 24.3 Å². The first-order valence-corrected chi connectivity index (χ1v) is 8.10. The van der Waals surface area contributed by atoms with Crippen LogP contribution in [0.4, 0.5) is 5.69 Å². The van der Waals surface area contributed by atoms with Crippen molar-refractivity contribution in [3.05, 3.63) is 29.3 Å². The third-order valence-corrected chi connectivity index (χ3v) is 3.64. The Morgan fingerprint density at radius 2 is 1.61 bits per heavy atom. The fraction of sp³-hybridized carbons (Fsp3) is 0.400. The fourth-order valence-corrected chi connectivity index (χ4v) is 2.77. The minimum atomic E-state index is -3.70. The highest BCUT2D eigenvalue weighted by molar-refractivity contribution is 8.12. The van der Waals surface area contributed by atoms with Gasteiger partial charge in [-0.2, -0.15) is 8.42 Å². The van der Waals surface area contributed by atoms with Crippen LogP contribution in [0.2, 0.25) is 5.02 Å². The smallest absolute Gasteiger partial charge is 0.310 e. The van der Waals surface area contributed by atoms with E-state index in [-0.39, 0.29) is 0 Å². The molecule has 0 atom stereocenters. The quantitative estimate of drug-likeness (QED) is 0.859. The summed E-state index contributed by atoms with van der Waals surface area (Å²) >= 11 is 5.83. The van der Waals surface area contributed by atoms with Gasteiger partial charge in [-0.15, -0.1) is 4.83 Å². The Morgan fingerprint density at radius 1 is 1.06 bits per heavy atom. The minimum absolute atomic E-state index is 0.578. The van der Waals surface area contributed by atoms with Gasteiger partial charge in [0.15, 0.2) is 0 Å². The van der Waals surface area contributed by atoms with Gasteiger partial charge >= 0.3 is 9.24 Å². The second-order valence-electron chi connectivity index (χ2n) is 3.98. The molecule has 18 heavy (non-hydrogen) atoms. The lowest BCUT2D eigenvalue weighted by molar-refractivity contribution is 0.228. The molecule has 0 unspecified atom stereocenters. The van der Waals surface area contributed by atoms with E-state index in [4.69, 9.17) is 22.3 Å². The van der Waals surface area contributed by atoms with E-state index in [1.165, 1.54) is 0 Å². The molecule has 0 aliphatic carbocycles. The Kier molecular flexibility index (Phi) is 4.34. The normalized spacial score (nSPS) is 18.0. The molecule has 1 aliphatic rings. The molecular formula is C10H13Cl2N3O2S. The molecule has 0 radical (unpaired) electrons. The molecule has 100 valence electrons. The number of hydrogen-bond acceptors (Lipinski definition) is 4. The van der Waals surface area contributed by atoms with E-state index in [0.29, 0.717) is 18.1 Å². The number of halogens is 2. The van der Waals surface area contributed by atoms with Crippen molar-refractivity contribution < 1.29 is 8.42 Å². The highest BCUT2D eigenvalue weighted by atomic mass is 35.7. The van der Waals surface area contributed by atoms with Crippen molar-refractivity contribution in [3.63, 3.8) is 0 Å². The maximum absolute atomic E-state index is 10.9. The topological polar surface area (TPSA) is 52.7 Å². The Bertz CT molecular complexity index is 498. The van der Waals surface area contributed by atoms with E-state index in [9.17, 15) is 8.42 Å². The van der Waals surface area contributed by atoms with Gasteiger partial charge in [-0.05, 0) is 24.3 Å². The Balaban J connectivity index is 1.92. The average molecular weight is 310 g/mol. The maximum atomic E-state index is 10.9. The number of nitrogens with zero attached hydrogens (tertiary/aromatic N) is 2. The van der Waals surface area contributed by atoms with Gasteiger partial charge in [-0.1, -0.05) is 11.6 Å². The zero-order valence-electron chi connectivity index (χ0n) is 9.51. The first kappa shape index (κ1) is 13.9. The summed E-state index contributed by atoms with van der Waals surface area (Å²) in [6, 6.07) is 7.57. The molecule has 0 spiro atoms. The highest BCUT2D eigenvalue weighted by Gasteiger charge is 2.20. The maximum Gasteiger partial charge on any atom is 0.310 e. The second-order valence-corrected chi connectivity index (χ2v) is 6.69. The SMILES string of the molecule is O=S(=O)(Cl)NN1CCN(c2ccc(Cl)cc2)CC1. The number of hydrogen-bond donors (Lipinski definition) is 1. The predicted octanol–water partition coefficient (Wildman–Crippen LogP) is 1.45. The van der Waals surface area contributed by atoms with Crippen LogP contribution in [0.15, 0.2) is 24.3 Å². The summed E-state index contributed by atoms with van der Waals surface area (Å²) in [4.78, 5) is 4.42. The molecule has 0 amide bonds. The van der Waals surface area contributed by atoms with Gasteiger partial charge in [0.25, 0.3) is 0 Å². The predicted molar refractivity (Wildman–Crippen MR) is 73.1 cm³/mol. The van der Waals surface area contributed by atoms with Crippen LogP contribution in [0.5, 0.6) is 0 Å². The standard InChI is InChI=1S/C10H13Cl2N3O2S/c11-9-1-3-10(4-2-9)14-5-7-15(8-6-14)13-18(12,16)17/h1-4,13H,5-8H2. The van der Waals surface area contributed by atoms with Crippen LogP contribution in [0, 0.1) is 0 Å². The van der Waals surface area contributed by atoms with Crippen molar-refractivity contribution in [2.75, 3.05) is 31.1 Å². The molecule has 1 aliphatic heterocycles. The molecule has 1 heterocycles. The third-order valence-electron chi connectivity index (χ3n) is 2.71. The third kappa shape index (κ3) is 4.00. The van der Waals surface area contributed by atoms with Crippen molar-refractivity contribution in [1.82, 2.24) is 9.84 Å². The number of hydrazine groups is 1. The fourth-order valence-electron chi connectivity index (χ4n) is 1.86. The molecule has 1 aromatic rings. The van der Waals surface area contributed by atoms with Gasteiger partial charge < -0.3 is 4.90 Å². The lowest BCUT2D eigenvalue weighted by Crippen LogP contribution is -2.52. The average Bonchev–Trinajstić information content (AvgIpc) is 2.29. The molecule has 1 fully saturated rings. The molecule has 1 saturated heterocycles. The van der Waals surface area contributed by atoms with Gasteiger partial charge in [0, 0.05) is 47.6 Å². The molecule has 1 aromatic carbocycles. The van der Waals surface area contributed by atoms with Crippen molar-refractivity contribution in [3.8, 4) is 0 Å². The molecule has 0 bridgehead atoms. The molecule has 2 rings (SSSR count). The molecule has 0 aromatic heterocycles. The van der Waals surface area contributed by atoms with Crippen molar-refractivity contribution in [2.45, 2.75) is 0 Å². The van der Waals surface area contributed by atoms with E-state index in [1.54, 1.807) is 5.01 Å². The summed E-state index contributed by atoms with van der Waals surface area (Å²) in [6.07, 6.45) is 0. The van der Waals surface area contributed by atoms with Crippen LogP contribution in [-0.4, -0.2) is 39.6 Å². The Morgan fingerprint density at radius 3 is 2.11 bits per heavy atom. The monoisotopic (exact) mass is 309 g/mol. The second kappa shape index (κ2) is 5.63. The zero-order valence-corrected chi connectivity index (χ0v) is 11.8. The van der Waals surface area contributed by atoms with E-state index in [0.717, 1.165) is 18.8 Å². The lowest BCUT2D eigenvalue weighted by atomic mass is 10.2. The van der Waals surface area contributed by atoms with Crippen molar-refractivity contribution >= 4 is 37.2 Å². The van der Waals surface area contributed by atoms with Gasteiger partial charge in [-0.25, -0.2) is 5.01 Å². The minimum Gasteiger partial charge on any atom is -0.369 e. The molecular weight excluding hydrogens is 297 g/mol. The summed E-state index contributed by atoms with van der Waals surface area (Å²) in [5.74, 6) is 0. The van der Waals surface area contributed by atoms with Gasteiger partial charge in [-0.3, -0.25) is 0 Å². The zero-order chi connectivity index (χ0) is 13.2. The van der Waals surface area contributed by atoms with Crippen molar-refractivity contribution in [1.29, 1.82) is 0 Å². The number of benzene rings is 1. The van der Waals surface area contributed by atoms with E-state index in [2.05, 4.69) is 9.73 Å². The number of rotatable bonds is 3. The van der Waals surface area contributed by atoms with Crippen LogP contribution >= 0.6 is 22.3 Å². The van der Waals surface area contributed by atoms with Crippen molar-refractivity contribution in [2.24, 2.45) is 0 Å². The summed E-state index contributed by atoms with van der Waals surface area (Å²) in [5, 5.41) is 2.29. The number of anilines is 1. The van der Waals surface area contributed by atoms with Gasteiger partial charge in [0.05, 0.1) is 0 Å². The lowest BCUT2D eigenvalue weighted by Gasteiger charge is -2.35. The molecule has 8 heteroatoms. The van der Waals surface area contributed by atoms with Crippen LogP contribution < -0.4 is 9.73 Å². The first-order chi connectivity index (χ1) is 8.44. The Labute approximate surface area is 116 Å². The van der Waals surface area contributed by atoms with Crippen LogP contribution in [0.3, 0.4) is 0 Å². The molecule has 0 saturated carbocycles. The summed E-state index contributed by atoms with van der Waals surface area (Å²) in [7, 11) is 1.43. The summed E-state index contributed by atoms with van der Waals surface area (Å²) in [5.41, 5.74) is 1.08. The molecule has 5 nitrogen and oxygen atoms in total. The molecule has 1 N–H and O–H groups in total. The largest absolute Gasteiger partial charge is 0.369 e. The van der Waals surface area contributed by atoms with E-state index < -0.39 is 9.24 Å². The first-order valence-electron chi connectivity index (χ1n) is 5.41. The number of piperazine rings is 1. The van der Waals surface area contributed by atoms with E-state index >= 15 is 0 Å².